The number of hydrogen-bond donors (Lipinski definition) is 1. The minimum absolute atomic E-state index is 0.0636. The summed E-state index contributed by atoms with van der Waals surface area (Å²) >= 11 is 11.6. The highest BCUT2D eigenvalue weighted by molar-refractivity contribution is 6.31. The van der Waals surface area contributed by atoms with Crippen molar-refractivity contribution in [2.24, 2.45) is 0 Å². The number of aliphatic carboxylic acids is 1. The van der Waals surface area contributed by atoms with Crippen LogP contribution in [0.4, 0.5) is 21.5 Å². The van der Waals surface area contributed by atoms with Crippen LogP contribution in [0.5, 0.6) is 0 Å². The Morgan fingerprint density at radius 3 is 2.28 bits per heavy atom. The Morgan fingerprint density at radius 1 is 1.03 bits per heavy atom. The number of nitrogens with zero attached hydrogens (tertiary/aromatic N) is 4. The summed E-state index contributed by atoms with van der Waals surface area (Å²) in [5.74, 6) is -1.80. The lowest BCUT2D eigenvalue weighted by Crippen LogP contribution is -2.53. The maximum Gasteiger partial charge on any atom is 0.305 e. The number of anilines is 1. The first-order valence-electron chi connectivity index (χ1n) is 11.8. The van der Waals surface area contributed by atoms with Crippen LogP contribution in [-0.2, 0) is 11.3 Å². The van der Waals surface area contributed by atoms with Crippen molar-refractivity contribution >= 4 is 46.2 Å². The molecule has 10 nitrogen and oxygen atoms in total. The molecule has 3 aromatic rings. The van der Waals surface area contributed by atoms with Crippen molar-refractivity contribution < 1.29 is 24.1 Å². The van der Waals surface area contributed by atoms with Crippen LogP contribution in [0.15, 0.2) is 60.7 Å². The molecule has 0 aliphatic carbocycles. The zero-order valence-corrected chi connectivity index (χ0v) is 22.3. The molecule has 1 aliphatic rings. The molecule has 1 heterocycles. The number of nitro groups is 2. The molecule has 0 amide bonds. The minimum Gasteiger partial charge on any atom is -0.481 e. The Bertz CT molecular complexity index is 1360. The van der Waals surface area contributed by atoms with Crippen LogP contribution in [0, 0.1) is 33.0 Å². The molecular weight excluding hydrogens is 554 g/mol. The molecule has 1 aliphatic heterocycles. The molecule has 1 saturated heterocycles. The lowest BCUT2D eigenvalue weighted by molar-refractivity contribution is -0.387. The second-order valence-corrected chi connectivity index (χ2v) is 9.66. The molecule has 0 bridgehead atoms. The predicted octanol–water partition coefficient (Wildman–Crippen LogP) is 6.11. The Kier molecular flexibility index (Phi) is 10.2. The molecular formula is C26H25Cl2FN4O6. The molecule has 0 radical (unpaired) electrons. The van der Waals surface area contributed by atoms with Crippen LogP contribution >= 0.6 is 23.2 Å². The number of benzene rings is 3. The van der Waals surface area contributed by atoms with Crippen molar-refractivity contribution in [1.29, 1.82) is 0 Å². The maximum atomic E-state index is 13.0. The highest BCUT2D eigenvalue weighted by atomic mass is 35.5. The van der Waals surface area contributed by atoms with Gasteiger partial charge in [-0.2, -0.15) is 4.39 Å². The fraction of sp³-hybridized carbons (Fsp3) is 0.269. The zero-order chi connectivity index (χ0) is 28.7. The second-order valence-electron chi connectivity index (χ2n) is 8.82. The van der Waals surface area contributed by atoms with Crippen molar-refractivity contribution in [3.8, 4) is 0 Å². The van der Waals surface area contributed by atoms with Crippen molar-refractivity contribution in [1.82, 2.24) is 4.90 Å². The first-order valence-corrected chi connectivity index (χ1v) is 12.5. The van der Waals surface area contributed by atoms with Gasteiger partial charge in [-0.25, -0.2) is 0 Å². The van der Waals surface area contributed by atoms with Gasteiger partial charge in [-0.15, -0.1) is 0 Å². The van der Waals surface area contributed by atoms with Gasteiger partial charge in [0.15, 0.2) is 0 Å². The summed E-state index contributed by atoms with van der Waals surface area (Å²) in [5.41, 5.74) is 1.01. The normalized spacial score (nSPS) is 15.3. The molecule has 13 heteroatoms. The van der Waals surface area contributed by atoms with E-state index in [1.807, 2.05) is 30.3 Å². The summed E-state index contributed by atoms with van der Waals surface area (Å²) in [6.45, 7) is 3.78. The van der Waals surface area contributed by atoms with Crippen molar-refractivity contribution in [3.05, 3.63) is 108 Å². The van der Waals surface area contributed by atoms with E-state index in [1.54, 1.807) is 11.0 Å². The maximum absolute atomic E-state index is 13.0. The number of carboxylic acid groups (broad SMARTS) is 1. The molecule has 0 aromatic heterocycles. The standard InChI is InChI=1S/C19H20ClN3O4.C7H5ClFNO2/c20-15-6-7-17(23(26)27)18(10-15)22-9-8-21(13-16(22)11-19(24)25)12-14-4-2-1-3-5-14;1-4-5(8)2-3-6(7(4)9)10(11)12/h1-7,10,16H,8-9,11-13H2,(H,24,25);2-3H,1H3. The van der Waals surface area contributed by atoms with Gasteiger partial charge in [-0.05, 0) is 30.7 Å². The SMILES string of the molecule is Cc1c(Cl)ccc([N+](=O)[O-])c1F.O=C(O)CC1CN(Cc2ccccc2)CCN1c1cc(Cl)ccc1[N+](=O)[O-]. The van der Waals surface area contributed by atoms with Crippen molar-refractivity contribution in [2.45, 2.75) is 25.9 Å². The van der Waals surface area contributed by atoms with Crippen LogP contribution < -0.4 is 4.90 Å². The largest absolute Gasteiger partial charge is 0.481 e. The topological polar surface area (TPSA) is 130 Å². The number of piperazine rings is 1. The average molecular weight is 579 g/mol. The van der Waals surface area contributed by atoms with Crippen LogP contribution in [0.3, 0.4) is 0 Å². The lowest BCUT2D eigenvalue weighted by atomic mass is 10.1. The number of carbonyl (C=O) groups is 1. The monoisotopic (exact) mass is 578 g/mol. The molecule has 1 unspecified atom stereocenters. The first kappa shape index (κ1) is 29.8. The van der Waals surface area contributed by atoms with E-state index in [9.17, 15) is 34.5 Å². The van der Waals surface area contributed by atoms with E-state index in [0.717, 1.165) is 11.6 Å². The van der Waals surface area contributed by atoms with Crippen molar-refractivity contribution in [3.63, 3.8) is 0 Å². The van der Waals surface area contributed by atoms with E-state index < -0.39 is 27.3 Å². The van der Waals surface area contributed by atoms with Gasteiger partial charge in [0.05, 0.1) is 22.3 Å². The third-order valence-corrected chi connectivity index (χ3v) is 6.81. The van der Waals surface area contributed by atoms with Gasteiger partial charge in [0.25, 0.3) is 5.69 Å². The first-order chi connectivity index (χ1) is 18.5. The summed E-state index contributed by atoms with van der Waals surface area (Å²) in [6.07, 6.45) is -0.102. The fourth-order valence-electron chi connectivity index (χ4n) is 4.27. The highest BCUT2D eigenvalue weighted by Gasteiger charge is 2.32. The van der Waals surface area contributed by atoms with Crippen LogP contribution in [0.1, 0.15) is 17.5 Å². The summed E-state index contributed by atoms with van der Waals surface area (Å²) in [6, 6.07) is 16.3. The molecule has 1 N–H and O–H groups in total. The summed E-state index contributed by atoms with van der Waals surface area (Å²) < 4.78 is 13.0. The van der Waals surface area contributed by atoms with E-state index in [4.69, 9.17) is 23.2 Å². The van der Waals surface area contributed by atoms with E-state index in [2.05, 4.69) is 4.90 Å². The van der Waals surface area contributed by atoms with Gasteiger partial charge in [-0.3, -0.25) is 29.9 Å². The number of hydrogen-bond acceptors (Lipinski definition) is 7. The molecule has 3 aromatic carbocycles. The van der Waals surface area contributed by atoms with Gasteiger partial charge in [0.1, 0.15) is 5.69 Å². The van der Waals surface area contributed by atoms with E-state index in [1.165, 1.54) is 25.1 Å². The number of halogens is 3. The molecule has 4 rings (SSSR count). The van der Waals surface area contributed by atoms with Gasteiger partial charge in [0, 0.05) is 53.9 Å². The third-order valence-electron chi connectivity index (χ3n) is 6.17. The average Bonchev–Trinajstić information content (AvgIpc) is 2.88. The van der Waals surface area contributed by atoms with Gasteiger partial charge < -0.3 is 10.0 Å². The Hall–Kier alpha value is -3.80. The van der Waals surface area contributed by atoms with Gasteiger partial charge in [-0.1, -0.05) is 53.5 Å². The quantitative estimate of drug-likeness (QED) is 0.262. The summed E-state index contributed by atoms with van der Waals surface area (Å²) in [4.78, 5) is 35.8. The molecule has 1 fully saturated rings. The van der Waals surface area contributed by atoms with E-state index in [-0.39, 0.29) is 28.7 Å². The Morgan fingerprint density at radius 2 is 1.67 bits per heavy atom. The Labute approximate surface area is 233 Å². The van der Waals surface area contributed by atoms with Gasteiger partial charge >= 0.3 is 11.7 Å². The van der Waals surface area contributed by atoms with E-state index in [0.29, 0.717) is 36.9 Å². The highest BCUT2D eigenvalue weighted by Crippen LogP contribution is 2.34. The number of nitro benzene ring substituents is 2. The molecule has 0 spiro atoms. The molecule has 39 heavy (non-hydrogen) atoms. The minimum atomic E-state index is -0.934. The summed E-state index contributed by atoms with van der Waals surface area (Å²) in [5, 5.41) is 31.5. The predicted molar refractivity (Wildman–Crippen MR) is 146 cm³/mol. The lowest BCUT2D eigenvalue weighted by Gasteiger charge is -2.42. The van der Waals surface area contributed by atoms with Gasteiger partial charge in [0.2, 0.25) is 5.82 Å². The smallest absolute Gasteiger partial charge is 0.305 e. The molecule has 0 saturated carbocycles. The number of carboxylic acids is 1. The Balaban J connectivity index is 0.000000293. The van der Waals surface area contributed by atoms with Crippen LogP contribution in [-0.4, -0.2) is 51.5 Å². The zero-order valence-electron chi connectivity index (χ0n) is 20.8. The fourth-order valence-corrected chi connectivity index (χ4v) is 4.58. The second kappa shape index (κ2) is 13.3. The molecule has 206 valence electrons. The molecule has 1 atom stereocenters. The summed E-state index contributed by atoms with van der Waals surface area (Å²) in [7, 11) is 0. The van der Waals surface area contributed by atoms with Crippen molar-refractivity contribution in [2.75, 3.05) is 24.5 Å². The van der Waals surface area contributed by atoms with Crippen LogP contribution in [0.25, 0.3) is 0 Å². The van der Waals surface area contributed by atoms with E-state index >= 15 is 0 Å². The third kappa shape index (κ3) is 7.85. The van der Waals surface area contributed by atoms with Crippen LogP contribution in [0.2, 0.25) is 10.0 Å². The number of rotatable bonds is 7.